The van der Waals surface area contributed by atoms with E-state index >= 15 is 0 Å². The molecule has 102 valence electrons. The molecule has 0 fully saturated rings. The first kappa shape index (κ1) is 12.6. The highest BCUT2D eigenvalue weighted by Gasteiger charge is 2.40. The van der Waals surface area contributed by atoms with Gasteiger partial charge in [-0.05, 0) is 25.0 Å². The molecule has 2 amide bonds. The van der Waals surface area contributed by atoms with Gasteiger partial charge in [0.05, 0.1) is 17.3 Å². The second kappa shape index (κ2) is 4.28. The summed E-state index contributed by atoms with van der Waals surface area (Å²) in [4.78, 5) is 26.3. The number of amides is 2. The van der Waals surface area contributed by atoms with Crippen LogP contribution in [-0.4, -0.2) is 22.0 Å². The third-order valence-electron chi connectivity index (χ3n) is 3.59. The van der Waals surface area contributed by atoms with Gasteiger partial charge in [0.1, 0.15) is 5.82 Å². The van der Waals surface area contributed by atoms with Gasteiger partial charge in [-0.15, -0.1) is 0 Å². The average molecular weight is 270 g/mol. The number of H-pyrrole nitrogens is 1. The lowest BCUT2D eigenvalue weighted by Crippen LogP contribution is -2.31. The molecule has 3 rings (SSSR count). The van der Waals surface area contributed by atoms with Crippen LogP contribution in [0, 0.1) is 13.8 Å². The Balaban J connectivity index is 2.20. The molecule has 6 heteroatoms. The number of nitrogens with two attached hydrogens (primary N) is 1. The lowest BCUT2D eigenvalue weighted by Gasteiger charge is -2.13. The van der Waals surface area contributed by atoms with Gasteiger partial charge in [-0.2, -0.15) is 5.10 Å². The average Bonchev–Trinajstić information content (AvgIpc) is 2.97. The summed E-state index contributed by atoms with van der Waals surface area (Å²) in [6.45, 7) is 3.85. The van der Waals surface area contributed by atoms with Crippen molar-refractivity contribution in [3.05, 3.63) is 46.1 Å². The molecule has 1 aliphatic rings. The van der Waals surface area contributed by atoms with Gasteiger partial charge in [0.2, 0.25) is 0 Å². The zero-order valence-electron chi connectivity index (χ0n) is 11.2. The van der Waals surface area contributed by atoms with Crippen LogP contribution in [0.4, 0.5) is 5.82 Å². The topological polar surface area (TPSA) is 92.1 Å². The molecule has 1 aromatic carbocycles. The van der Waals surface area contributed by atoms with E-state index in [-0.39, 0.29) is 18.4 Å². The summed E-state index contributed by atoms with van der Waals surface area (Å²) in [5.41, 5.74) is 8.76. The molecule has 1 aliphatic heterocycles. The Morgan fingerprint density at radius 3 is 2.20 bits per heavy atom. The summed E-state index contributed by atoms with van der Waals surface area (Å²) in [6.07, 6.45) is 1.53. The van der Waals surface area contributed by atoms with Crippen molar-refractivity contribution in [3.63, 3.8) is 0 Å². The van der Waals surface area contributed by atoms with Crippen molar-refractivity contribution in [1.82, 2.24) is 10.2 Å². The van der Waals surface area contributed by atoms with E-state index < -0.39 is 0 Å². The van der Waals surface area contributed by atoms with E-state index in [4.69, 9.17) is 5.73 Å². The van der Waals surface area contributed by atoms with Crippen LogP contribution in [0.2, 0.25) is 0 Å². The molecule has 20 heavy (non-hydrogen) atoms. The highest BCUT2D eigenvalue weighted by Crippen LogP contribution is 2.32. The maximum Gasteiger partial charge on any atom is 0.267 e. The summed E-state index contributed by atoms with van der Waals surface area (Å²) >= 11 is 0. The number of rotatable bonds is 2. The van der Waals surface area contributed by atoms with E-state index in [0.29, 0.717) is 22.5 Å². The van der Waals surface area contributed by atoms with Gasteiger partial charge in [-0.1, -0.05) is 12.1 Å². The maximum atomic E-state index is 12.6. The van der Waals surface area contributed by atoms with Gasteiger partial charge in [0.25, 0.3) is 11.8 Å². The number of benzene rings is 1. The van der Waals surface area contributed by atoms with Crippen molar-refractivity contribution < 1.29 is 9.59 Å². The first-order valence-corrected chi connectivity index (χ1v) is 6.27. The van der Waals surface area contributed by atoms with Crippen LogP contribution >= 0.6 is 0 Å². The van der Waals surface area contributed by atoms with E-state index in [1.54, 1.807) is 0 Å². The first-order valence-electron chi connectivity index (χ1n) is 6.27. The molecule has 1 aromatic heterocycles. The third kappa shape index (κ3) is 1.51. The molecule has 0 saturated heterocycles. The van der Waals surface area contributed by atoms with E-state index in [0.717, 1.165) is 16.0 Å². The monoisotopic (exact) mass is 270 g/mol. The minimum Gasteiger partial charge on any atom is -0.326 e. The Bertz CT molecular complexity index is 692. The molecule has 0 atom stereocenters. The molecule has 3 N–H and O–H groups in total. The number of anilines is 1. The Hall–Kier alpha value is -2.47. The normalized spacial score (nSPS) is 14.1. The molecule has 0 radical (unpaired) electrons. The zero-order valence-corrected chi connectivity index (χ0v) is 11.2. The molecular weight excluding hydrogens is 256 g/mol. The lowest BCUT2D eigenvalue weighted by molar-refractivity contribution is 0.0924. The number of hydrogen-bond donors (Lipinski definition) is 2. The van der Waals surface area contributed by atoms with E-state index in [1.165, 1.54) is 6.20 Å². The van der Waals surface area contributed by atoms with Crippen LogP contribution in [0.15, 0.2) is 18.3 Å². The molecule has 0 saturated carbocycles. The fraction of sp³-hybridized carbons (Fsp3) is 0.214. The van der Waals surface area contributed by atoms with E-state index in [9.17, 15) is 9.59 Å². The van der Waals surface area contributed by atoms with Crippen LogP contribution in [0.5, 0.6) is 0 Å². The molecule has 0 bridgehead atoms. The summed E-state index contributed by atoms with van der Waals surface area (Å²) in [5.74, 6) is -0.298. The number of nitrogens with one attached hydrogen (secondary N) is 1. The van der Waals surface area contributed by atoms with Gasteiger partial charge in [-0.3, -0.25) is 14.7 Å². The van der Waals surface area contributed by atoms with Crippen molar-refractivity contribution in [3.8, 4) is 0 Å². The fourth-order valence-electron chi connectivity index (χ4n) is 2.53. The molecule has 2 aromatic rings. The highest BCUT2D eigenvalue weighted by molar-refractivity contribution is 6.35. The van der Waals surface area contributed by atoms with Gasteiger partial charge in [0, 0.05) is 12.1 Å². The quantitative estimate of drug-likeness (QED) is 0.804. The number of aryl methyl sites for hydroxylation is 2. The van der Waals surface area contributed by atoms with Crippen LogP contribution in [0.1, 0.15) is 37.4 Å². The predicted octanol–water partition coefficient (Wildman–Crippen LogP) is 1.29. The minimum absolute atomic E-state index is 0.206. The van der Waals surface area contributed by atoms with Crippen molar-refractivity contribution in [2.45, 2.75) is 20.4 Å². The zero-order chi connectivity index (χ0) is 14.4. The molecule has 0 aliphatic carbocycles. The molecule has 6 nitrogen and oxygen atoms in total. The Morgan fingerprint density at radius 2 is 1.70 bits per heavy atom. The van der Waals surface area contributed by atoms with Gasteiger partial charge >= 0.3 is 0 Å². The van der Waals surface area contributed by atoms with Gasteiger partial charge in [0.15, 0.2) is 0 Å². The summed E-state index contributed by atoms with van der Waals surface area (Å²) < 4.78 is 0. The number of fused-ring (bicyclic) bond motifs is 1. The Kier molecular flexibility index (Phi) is 2.69. The SMILES string of the molecule is Cc1ccc(C)c2c1C(=O)N(c1[nH]ncc1CN)C2=O. The van der Waals surface area contributed by atoms with Crippen molar-refractivity contribution in [2.24, 2.45) is 5.73 Å². The number of imide groups is 1. The third-order valence-corrected chi connectivity index (χ3v) is 3.59. The van der Waals surface area contributed by atoms with Crippen molar-refractivity contribution in [1.29, 1.82) is 0 Å². The van der Waals surface area contributed by atoms with E-state index in [2.05, 4.69) is 10.2 Å². The Labute approximate surface area is 115 Å². The summed E-state index contributed by atoms with van der Waals surface area (Å²) in [7, 11) is 0. The number of aromatic nitrogens is 2. The van der Waals surface area contributed by atoms with Crippen molar-refractivity contribution in [2.75, 3.05) is 4.90 Å². The number of aromatic amines is 1. The lowest BCUT2D eigenvalue weighted by atomic mass is 9.99. The Morgan fingerprint density at radius 1 is 1.15 bits per heavy atom. The molecule has 2 heterocycles. The van der Waals surface area contributed by atoms with Crippen molar-refractivity contribution >= 4 is 17.6 Å². The highest BCUT2D eigenvalue weighted by atomic mass is 16.2. The van der Waals surface area contributed by atoms with E-state index in [1.807, 2.05) is 26.0 Å². The second-order valence-corrected chi connectivity index (χ2v) is 4.84. The first-order chi connectivity index (χ1) is 9.56. The minimum atomic E-state index is -0.329. The second-order valence-electron chi connectivity index (χ2n) is 4.84. The van der Waals surface area contributed by atoms with Crippen LogP contribution in [0.25, 0.3) is 0 Å². The number of hydrogen-bond acceptors (Lipinski definition) is 4. The number of nitrogens with zero attached hydrogens (tertiary/aromatic N) is 2. The van der Waals surface area contributed by atoms with Crippen LogP contribution in [0.3, 0.4) is 0 Å². The predicted molar refractivity (Wildman–Crippen MR) is 73.5 cm³/mol. The summed E-state index contributed by atoms with van der Waals surface area (Å²) in [5, 5.41) is 6.55. The van der Waals surface area contributed by atoms with Crippen LogP contribution in [-0.2, 0) is 6.54 Å². The number of carbonyl (C=O) groups is 2. The molecule has 0 unspecified atom stereocenters. The molecule has 0 spiro atoms. The van der Waals surface area contributed by atoms with Gasteiger partial charge < -0.3 is 5.73 Å². The molecular formula is C14H14N4O2. The van der Waals surface area contributed by atoms with Gasteiger partial charge in [-0.25, -0.2) is 4.90 Å². The summed E-state index contributed by atoms with van der Waals surface area (Å²) in [6, 6.07) is 3.69. The van der Waals surface area contributed by atoms with Crippen LogP contribution < -0.4 is 10.6 Å². The smallest absolute Gasteiger partial charge is 0.267 e. The largest absolute Gasteiger partial charge is 0.326 e. The fourth-order valence-corrected chi connectivity index (χ4v) is 2.53. The number of carbonyl (C=O) groups excluding carboxylic acids is 2. The maximum absolute atomic E-state index is 12.6. The standard InChI is InChI=1S/C14H14N4O2/c1-7-3-4-8(2)11-10(7)13(19)18(14(11)20)12-9(5-15)6-16-17-12/h3-4,6H,5,15H2,1-2H3,(H,16,17).